The Morgan fingerprint density at radius 2 is 1.57 bits per heavy atom. The zero-order valence-corrected chi connectivity index (χ0v) is 19.8. The maximum Gasteiger partial charge on any atom is 0.254 e. The molecule has 1 aromatic heterocycles. The van der Waals surface area contributed by atoms with E-state index in [0.29, 0.717) is 38.4 Å². The van der Waals surface area contributed by atoms with Crippen LogP contribution in [-0.2, 0) is 4.79 Å². The van der Waals surface area contributed by atoms with Crippen molar-refractivity contribution in [1.82, 2.24) is 14.9 Å². The van der Waals surface area contributed by atoms with Crippen LogP contribution in [0.15, 0.2) is 85.1 Å². The Morgan fingerprint density at radius 3 is 2.29 bits per heavy atom. The summed E-state index contributed by atoms with van der Waals surface area (Å²) in [6, 6.07) is 25.6. The van der Waals surface area contributed by atoms with Crippen molar-refractivity contribution < 1.29 is 9.53 Å². The number of nitrogens with zero attached hydrogens (tertiary/aromatic N) is 4. The van der Waals surface area contributed by atoms with Crippen molar-refractivity contribution in [2.24, 2.45) is 0 Å². The number of piperazine rings is 1. The molecule has 1 aliphatic heterocycles. The van der Waals surface area contributed by atoms with Crippen LogP contribution in [0, 0.1) is 0 Å². The lowest BCUT2D eigenvalue weighted by Gasteiger charge is -2.35. The van der Waals surface area contributed by atoms with E-state index in [1.807, 2.05) is 103 Å². The maximum atomic E-state index is 13.7. The minimum atomic E-state index is 0.0364. The molecule has 3 aromatic carbocycles. The summed E-state index contributed by atoms with van der Waals surface area (Å²) in [7, 11) is 0. The number of carbonyl (C=O) groups excluding carboxylic acids is 1. The number of aromatic nitrogens is 2. The van der Waals surface area contributed by atoms with Gasteiger partial charge in [-0.2, -0.15) is 0 Å². The summed E-state index contributed by atoms with van der Waals surface area (Å²) in [4.78, 5) is 27.1. The van der Waals surface area contributed by atoms with Gasteiger partial charge in [0.1, 0.15) is 11.6 Å². The predicted octanol–water partition coefficient (Wildman–Crippen LogP) is 4.92. The highest BCUT2D eigenvalue weighted by Gasteiger charge is 2.25. The van der Waals surface area contributed by atoms with E-state index in [-0.39, 0.29) is 5.91 Å². The monoisotopic (exact) mass is 464 g/mol. The van der Waals surface area contributed by atoms with Gasteiger partial charge < -0.3 is 14.5 Å². The fraction of sp³-hybridized carbons (Fsp3) is 0.207. The van der Waals surface area contributed by atoms with E-state index in [0.717, 1.165) is 33.7 Å². The Labute approximate surface area is 205 Å². The van der Waals surface area contributed by atoms with E-state index in [4.69, 9.17) is 9.72 Å². The molecule has 0 atom stereocenters. The lowest BCUT2D eigenvalue weighted by Crippen LogP contribution is -2.49. The molecule has 0 bridgehead atoms. The van der Waals surface area contributed by atoms with Crippen molar-refractivity contribution in [3.8, 4) is 5.75 Å². The van der Waals surface area contributed by atoms with Gasteiger partial charge in [0.05, 0.1) is 23.8 Å². The number of hydrogen-bond donors (Lipinski definition) is 0. The summed E-state index contributed by atoms with van der Waals surface area (Å²) >= 11 is 0. The van der Waals surface area contributed by atoms with Gasteiger partial charge in [-0.25, -0.2) is 4.98 Å². The Bertz CT molecular complexity index is 1330. The first kappa shape index (κ1) is 22.6. The van der Waals surface area contributed by atoms with Crippen LogP contribution in [-0.4, -0.2) is 53.6 Å². The molecule has 0 unspecified atom stereocenters. The average Bonchev–Trinajstić information content (AvgIpc) is 2.93. The Hall–Kier alpha value is -4.19. The van der Waals surface area contributed by atoms with Crippen molar-refractivity contribution in [3.05, 3.63) is 96.2 Å². The quantitative estimate of drug-likeness (QED) is 0.300. The first-order valence-corrected chi connectivity index (χ1v) is 12.0. The van der Waals surface area contributed by atoms with Crippen molar-refractivity contribution >= 4 is 34.4 Å². The van der Waals surface area contributed by atoms with Crippen molar-refractivity contribution in [2.45, 2.75) is 6.92 Å². The molecular formula is C29H28N4O2. The van der Waals surface area contributed by atoms with Crippen LogP contribution in [0.25, 0.3) is 22.7 Å². The molecule has 0 aliphatic carbocycles. The third kappa shape index (κ3) is 5.17. The highest BCUT2D eigenvalue weighted by atomic mass is 16.5. The lowest BCUT2D eigenvalue weighted by molar-refractivity contribution is -0.125. The molecule has 0 radical (unpaired) electrons. The normalized spacial score (nSPS) is 14.3. The molecule has 1 amide bonds. The van der Waals surface area contributed by atoms with Gasteiger partial charge in [0, 0.05) is 31.8 Å². The number of amides is 1. The minimum Gasteiger partial charge on any atom is -0.494 e. The first-order chi connectivity index (χ1) is 17.2. The van der Waals surface area contributed by atoms with Gasteiger partial charge >= 0.3 is 0 Å². The second kappa shape index (κ2) is 10.4. The number of para-hydroxylation sites is 2. The van der Waals surface area contributed by atoms with Crippen molar-refractivity contribution in [1.29, 1.82) is 0 Å². The van der Waals surface area contributed by atoms with Crippen molar-refractivity contribution in [3.63, 3.8) is 0 Å². The molecule has 5 rings (SSSR count). The summed E-state index contributed by atoms with van der Waals surface area (Å²) in [6.07, 6.45) is 3.79. The second-order valence-corrected chi connectivity index (χ2v) is 8.42. The second-order valence-electron chi connectivity index (χ2n) is 8.42. The third-order valence-electron chi connectivity index (χ3n) is 6.14. The predicted molar refractivity (Wildman–Crippen MR) is 140 cm³/mol. The summed E-state index contributed by atoms with van der Waals surface area (Å²) in [5.41, 5.74) is 4.33. The van der Waals surface area contributed by atoms with Gasteiger partial charge in [0.2, 0.25) is 0 Å². The molecule has 1 fully saturated rings. The van der Waals surface area contributed by atoms with E-state index in [2.05, 4.69) is 9.88 Å². The zero-order valence-electron chi connectivity index (χ0n) is 19.8. The molecule has 4 aromatic rings. The summed E-state index contributed by atoms with van der Waals surface area (Å²) in [5.74, 6) is 1.71. The highest BCUT2D eigenvalue weighted by Crippen LogP contribution is 2.24. The van der Waals surface area contributed by atoms with Crippen LogP contribution in [0.3, 0.4) is 0 Å². The first-order valence-electron chi connectivity index (χ1n) is 12.0. The fourth-order valence-electron chi connectivity index (χ4n) is 4.29. The Morgan fingerprint density at radius 1 is 0.886 bits per heavy atom. The Balaban J connectivity index is 1.34. The largest absolute Gasteiger partial charge is 0.494 e. The number of fused-ring (bicyclic) bond motifs is 1. The molecule has 0 N–H and O–H groups in total. The van der Waals surface area contributed by atoms with Crippen LogP contribution in [0.1, 0.15) is 18.1 Å². The highest BCUT2D eigenvalue weighted by molar-refractivity contribution is 6.24. The third-order valence-corrected chi connectivity index (χ3v) is 6.14. The van der Waals surface area contributed by atoms with Crippen LogP contribution in [0.4, 0.5) is 5.82 Å². The van der Waals surface area contributed by atoms with Crippen LogP contribution >= 0.6 is 0 Å². The lowest BCUT2D eigenvalue weighted by atomic mass is 10.0. The topological polar surface area (TPSA) is 58.6 Å². The molecule has 1 aliphatic rings. The number of ether oxygens (including phenoxy) is 1. The number of hydrogen-bond acceptors (Lipinski definition) is 5. The SMILES string of the molecule is CCOc1ccc(/C=C(/C(=O)N2CCN(c3cnc4ccccc4n3)CC2)c2ccccc2)cc1. The van der Waals surface area contributed by atoms with Gasteiger partial charge in [-0.05, 0) is 48.4 Å². The number of rotatable bonds is 6. The standard InChI is InChI=1S/C29H28N4O2/c1-2-35-24-14-12-22(13-15-24)20-25(23-8-4-3-5-9-23)29(34)33-18-16-32(17-19-33)28-21-30-26-10-6-7-11-27(26)31-28/h3-15,20-21H,2,16-19H2,1H3/b25-20+. The Kier molecular flexibility index (Phi) is 6.70. The maximum absolute atomic E-state index is 13.7. The molecule has 2 heterocycles. The van der Waals surface area contributed by atoms with Crippen molar-refractivity contribution in [2.75, 3.05) is 37.7 Å². The van der Waals surface area contributed by atoms with Crippen LogP contribution in [0.5, 0.6) is 5.75 Å². The van der Waals surface area contributed by atoms with Crippen LogP contribution < -0.4 is 9.64 Å². The van der Waals surface area contributed by atoms with E-state index in [1.54, 1.807) is 0 Å². The summed E-state index contributed by atoms with van der Waals surface area (Å²) in [5, 5.41) is 0. The molecule has 6 nitrogen and oxygen atoms in total. The van der Waals surface area contributed by atoms with Gasteiger partial charge in [-0.3, -0.25) is 9.78 Å². The fourth-order valence-corrected chi connectivity index (χ4v) is 4.29. The molecule has 0 saturated carbocycles. The molecular weight excluding hydrogens is 436 g/mol. The van der Waals surface area contributed by atoms with Gasteiger partial charge in [0.15, 0.2) is 0 Å². The molecule has 176 valence electrons. The van der Waals surface area contributed by atoms with E-state index in [1.165, 1.54) is 0 Å². The van der Waals surface area contributed by atoms with E-state index in [9.17, 15) is 4.79 Å². The van der Waals surface area contributed by atoms with E-state index >= 15 is 0 Å². The number of benzene rings is 3. The van der Waals surface area contributed by atoms with Gasteiger partial charge in [0.25, 0.3) is 5.91 Å². The van der Waals surface area contributed by atoms with E-state index < -0.39 is 0 Å². The van der Waals surface area contributed by atoms with Crippen LogP contribution in [0.2, 0.25) is 0 Å². The number of anilines is 1. The number of carbonyl (C=O) groups is 1. The molecule has 1 saturated heterocycles. The zero-order chi connectivity index (χ0) is 24.0. The molecule has 6 heteroatoms. The van der Waals surface area contributed by atoms with Gasteiger partial charge in [-0.15, -0.1) is 0 Å². The summed E-state index contributed by atoms with van der Waals surface area (Å²) in [6.45, 7) is 5.27. The smallest absolute Gasteiger partial charge is 0.254 e. The molecule has 35 heavy (non-hydrogen) atoms. The summed E-state index contributed by atoms with van der Waals surface area (Å²) < 4.78 is 5.55. The molecule has 0 spiro atoms. The minimum absolute atomic E-state index is 0.0364. The average molecular weight is 465 g/mol. The van der Waals surface area contributed by atoms with Gasteiger partial charge in [-0.1, -0.05) is 54.6 Å².